The third kappa shape index (κ3) is 3.14. The van der Waals surface area contributed by atoms with Crippen molar-refractivity contribution in [3.63, 3.8) is 0 Å². The van der Waals surface area contributed by atoms with E-state index in [-0.39, 0.29) is 0 Å². The number of aromatic nitrogens is 1. The smallest absolute Gasteiger partial charge is 0.181 e. The molecular formula is C18H18N2O. The van der Waals surface area contributed by atoms with Gasteiger partial charge in [0.2, 0.25) is 0 Å². The molecule has 3 heteroatoms. The first-order chi connectivity index (χ1) is 10.2. The van der Waals surface area contributed by atoms with E-state index in [1.165, 1.54) is 23.1 Å². The maximum atomic E-state index is 5.28. The van der Waals surface area contributed by atoms with E-state index in [0.29, 0.717) is 0 Å². The van der Waals surface area contributed by atoms with Gasteiger partial charge in [0.05, 0.1) is 6.20 Å². The van der Waals surface area contributed by atoms with E-state index in [0.717, 1.165) is 23.6 Å². The molecule has 0 saturated heterocycles. The quantitative estimate of drug-likeness (QED) is 0.759. The van der Waals surface area contributed by atoms with Crippen molar-refractivity contribution in [2.45, 2.75) is 20.4 Å². The fourth-order valence-electron chi connectivity index (χ4n) is 2.23. The largest absolute Gasteiger partial charge is 0.444 e. The molecule has 2 aromatic carbocycles. The topological polar surface area (TPSA) is 38.1 Å². The molecule has 0 fully saturated rings. The summed E-state index contributed by atoms with van der Waals surface area (Å²) in [5, 5.41) is 3.43. The highest BCUT2D eigenvalue weighted by Crippen LogP contribution is 2.21. The van der Waals surface area contributed by atoms with Crippen molar-refractivity contribution in [1.29, 1.82) is 0 Å². The average molecular weight is 278 g/mol. The highest BCUT2D eigenvalue weighted by Gasteiger charge is 2.01. The first-order valence-electron chi connectivity index (χ1n) is 7.01. The minimum Gasteiger partial charge on any atom is -0.444 e. The highest BCUT2D eigenvalue weighted by atomic mass is 16.3. The van der Waals surface area contributed by atoms with Crippen molar-refractivity contribution in [2.75, 3.05) is 5.32 Å². The lowest BCUT2D eigenvalue weighted by Gasteiger charge is -2.09. The van der Waals surface area contributed by atoms with Gasteiger partial charge >= 0.3 is 0 Å². The van der Waals surface area contributed by atoms with Gasteiger partial charge in [0.15, 0.2) is 12.2 Å². The molecule has 0 aliphatic carbocycles. The van der Waals surface area contributed by atoms with Crippen LogP contribution in [0.2, 0.25) is 0 Å². The highest BCUT2D eigenvalue weighted by molar-refractivity contribution is 5.60. The van der Waals surface area contributed by atoms with Gasteiger partial charge in [-0.1, -0.05) is 18.2 Å². The monoisotopic (exact) mass is 278 g/mol. The fraction of sp³-hybridized carbons (Fsp3) is 0.167. The molecule has 0 bridgehead atoms. The summed E-state index contributed by atoms with van der Waals surface area (Å²) < 4.78 is 5.28. The van der Waals surface area contributed by atoms with Crippen LogP contribution in [0.3, 0.4) is 0 Å². The van der Waals surface area contributed by atoms with Gasteiger partial charge < -0.3 is 9.73 Å². The Morgan fingerprint density at radius 2 is 1.81 bits per heavy atom. The second-order valence-electron chi connectivity index (χ2n) is 5.22. The van der Waals surface area contributed by atoms with Crippen LogP contribution >= 0.6 is 0 Å². The zero-order valence-electron chi connectivity index (χ0n) is 12.3. The molecule has 0 saturated carbocycles. The zero-order valence-corrected chi connectivity index (χ0v) is 12.3. The minimum absolute atomic E-state index is 0.788. The van der Waals surface area contributed by atoms with Crippen molar-refractivity contribution in [1.82, 2.24) is 4.98 Å². The third-order valence-electron chi connectivity index (χ3n) is 3.67. The Balaban J connectivity index is 1.66. The van der Waals surface area contributed by atoms with E-state index in [1.807, 2.05) is 12.1 Å². The van der Waals surface area contributed by atoms with Crippen LogP contribution in [0.15, 0.2) is 59.5 Å². The van der Waals surface area contributed by atoms with Gasteiger partial charge in [0.25, 0.3) is 0 Å². The van der Waals surface area contributed by atoms with Crippen molar-refractivity contribution in [3.8, 4) is 11.3 Å². The molecular weight excluding hydrogens is 260 g/mol. The number of benzene rings is 2. The Hall–Kier alpha value is -2.55. The van der Waals surface area contributed by atoms with Crippen LogP contribution in [0.4, 0.5) is 5.69 Å². The lowest BCUT2D eigenvalue weighted by atomic mass is 10.1. The third-order valence-corrected chi connectivity index (χ3v) is 3.67. The Bertz CT molecular complexity index is 715. The van der Waals surface area contributed by atoms with Crippen LogP contribution in [0.1, 0.15) is 16.7 Å². The van der Waals surface area contributed by atoms with Gasteiger partial charge in [-0.05, 0) is 54.8 Å². The van der Waals surface area contributed by atoms with Crippen LogP contribution in [0.25, 0.3) is 11.3 Å². The van der Waals surface area contributed by atoms with E-state index < -0.39 is 0 Å². The Kier molecular flexibility index (Phi) is 3.73. The summed E-state index contributed by atoms with van der Waals surface area (Å²) >= 11 is 0. The predicted octanol–water partition coefficient (Wildman–Crippen LogP) is 4.57. The first-order valence-corrected chi connectivity index (χ1v) is 7.01. The number of nitrogens with zero attached hydrogens (tertiary/aromatic N) is 1. The Morgan fingerprint density at radius 1 is 1.00 bits per heavy atom. The Labute approximate surface area is 124 Å². The predicted molar refractivity (Wildman–Crippen MR) is 85.2 cm³/mol. The summed E-state index contributed by atoms with van der Waals surface area (Å²) in [4.78, 5) is 3.93. The van der Waals surface area contributed by atoms with Crippen molar-refractivity contribution < 1.29 is 4.42 Å². The van der Waals surface area contributed by atoms with Crippen molar-refractivity contribution in [3.05, 3.63) is 71.7 Å². The summed E-state index contributed by atoms with van der Waals surface area (Å²) in [6.45, 7) is 5.10. The molecule has 1 N–H and O–H groups in total. The molecule has 106 valence electrons. The zero-order chi connectivity index (χ0) is 14.7. The Morgan fingerprint density at radius 3 is 2.48 bits per heavy atom. The maximum absolute atomic E-state index is 5.28. The van der Waals surface area contributed by atoms with Crippen LogP contribution in [-0.4, -0.2) is 4.98 Å². The van der Waals surface area contributed by atoms with Gasteiger partial charge in [-0.3, -0.25) is 0 Å². The number of oxazole rings is 1. The molecule has 3 nitrogen and oxygen atoms in total. The van der Waals surface area contributed by atoms with Gasteiger partial charge in [0, 0.05) is 17.8 Å². The summed E-state index contributed by atoms with van der Waals surface area (Å²) in [6.07, 6.45) is 3.17. The fourth-order valence-corrected chi connectivity index (χ4v) is 2.23. The van der Waals surface area contributed by atoms with Crippen LogP contribution in [-0.2, 0) is 6.54 Å². The molecule has 3 aromatic rings. The van der Waals surface area contributed by atoms with Crippen molar-refractivity contribution >= 4 is 5.69 Å². The lowest BCUT2D eigenvalue weighted by Crippen LogP contribution is -1.99. The molecule has 0 amide bonds. The number of aryl methyl sites for hydroxylation is 2. The lowest BCUT2D eigenvalue weighted by molar-refractivity contribution is 0.572. The molecule has 0 aliphatic heterocycles. The van der Waals surface area contributed by atoms with E-state index in [1.54, 1.807) is 6.20 Å². The van der Waals surface area contributed by atoms with Gasteiger partial charge in [-0.25, -0.2) is 4.98 Å². The van der Waals surface area contributed by atoms with Crippen LogP contribution in [0, 0.1) is 13.8 Å². The number of hydrogen-bond acceptors (Lipinski definition) is 3. The van der Waals surface area contributed by atoms with E-state index in [4.69, 9.17) is 4.42 Å². The average Bonchev–Trinajstić information content (AvgIpc) is 3.03. The molecule has 0 atom stereocenters. The molecule has 1 aromatic heterocycles. The van der Waals surface area contributed by atoms with E-state index in [9.17, 15) is 0 Å². The molecule has 21 heavy (non-hydrogen) atoms. The number of nitrogens with one attached hydrogen (secondary N) is 1. The molecule has 0 aliphatic rings. The molecule has 1 heterocycles. The van der Waals surface area contributed by atoms with Crippen LogP contribution in [0.5, 0.6) is 0 Å². The van der Waals surface area contributed by atoms with Crippen LogP contribution < -0.4 is 5.32 Å². The van der Waals surface area contributed by atoms with Gasteiger partial charge in [-0.2, -0.15) is 0 Å². The number of anilines is 1. The summed E-state index contributed by atoms with van der Waals surface area (Å²) in [5.41, 5.74) is 6.07. The molecule has 0 radical (unpaired) electrons. The summed E-state index contributed by atoms with van der Waals surface area (Å²) in [5.74, 6) is 0.788. The second kappa shape index (κ2) is 5.83. The second-order valence-corrected chi connectivity index (χ2v) is 5.22. The molecule has 0 spiro atoms. The van der Waals surface area contributed by atoms with E-state index in [2.05, 4.69) is 54.5 Å². The SMILES string of the molecule is Cc1ccc(CNc2ccc(-c3cnco3)cc2)cc1C. The standard InChI is InChI=1S/C18H18N2O/c1-13-3-4-15(9-14(13)2)10-20-17-7-5-16(6-8-17)18-11-19-12-21-18/h3-9,11-12,20H,10H2,1-2H3. The van der Waals surface area contributed by atoms with Gasteiger partial charge in [-0.15, -0.1) is 0 Å². The normalized spacial score (nSPS) is 10.6. The number of rotatable bonds is 4. The minimum atomic E-state index is 0.788. The van der Waals surface area contributed by atoms with Gasteiger partial charge in [0.1, 0.15) is 0 Å². The number of hydrogen-bond donors (Lipinski definition) is 1. The van der Waals surface area contributed by atoms with Crippen molar-refractivity contribution in [2.24, 2.45) is 0 Å². The summed E-state index contributed by atoms with van der Waals surface area (Å²) in [6, 6.07) is 14.7. The molecule has 3 rings (SSSR count). The summed E-state index contributed by atoms with van der Waals surface area (Å²) in [7, 11) is 0. The van der Waals surface area contributed by atoms with E-state index >= 15 is 0 Å². The first kappa shape index (κ1) is 13.4. The maximum Gasteiger partial charge on any atom is 0.181 e. The molecule has 0 unspecified atom stereocenters.